The number of methoxy groups -OCH3 is 3. The number of para-hydroxylation sites is 2. The summed E-state index contributed by atoms with van der Waals surface area (Å²) in [6.45, 7) is 16.0. The summed E-state index contributed by atoms with van der Waals surface area (Å²) in [6.07, 6.45) is 0. The van der Waals surface area contributed by atoms with Gasteiger partial charge in [0.2, 0.25) is 0 Å². The van der Waals surface area contributed by atoms with Crippen LogP contribution >= 0.6 is 0 Å². The predicted octanol–water partition coefficient (Wildman–Crippen LogP) is 18.4. The second-order valence-corrected chi connectivity index (χ2v) is 16.1. The lowest BCUT2D eigenvalue weighted by Gasteiger charge is -2.10. The van der Waals surface area contributed by atoms with Crippen LogP contribution in [0.1, 0.15) is 55.4 Å². The van der Waals surface area contributed by atoms with E-state index in [-0.39, 0.29) is 0 Å². The fraction of sp³-hybridized carbons (Fsp3) is 0.169. The van der Waals surface area contributed by atoms with E-state index in [0.717, 1.165) is 67.5 Å². The fourth-order valence-corrected chi connectivity index (χ4v) is 9.72. The SMILES string of the molecule is CC.CC.CC.CC.COc1ccc(-n2c3ccccc3c3cc(-c4ccc5c(c4)c4cc(-c6ccc7c(c6)c6ccccc6n7-c6ccc(OC)cc6)ccc4n5-c4ccc(OC)cc4)ccc32)cc1. The largest absolute Gasteiger partial charge is 0.497 e. The molecule has 3 aromatic heterocycles. The number of hydrogen-bond acceptors (Lipinski definition) is 3. The summed E-state index contributed by atoms with van der Waals surface area (Å²) in [5.41, 5.74) is 14.9. The molecule has 0 bridgehead atoms. The number of rotatable bonds is 8. The zero-order chi connectivity index (χ0) is 50.2. The number of nitrogens with zero attached hydrogens (tertiary/aromatic N) is 3. The van der Waals surface area contributed by atoms with Gasteiger partial charge in [0.1, 0.15) is 17.2 Å². The van der Waals surface area contributed by atoms with E-state index in [1.807, 2.05) is 91.8 Å². The zero-order valence-electron chi connectivity index (χ0n) is 43.0. The number of benzene rings is 9. The van der Waals surface area contributed by atoms with Crippen LogP contribution in [0, 0.1) is 0 Å². The Kier molecular flexibility index (Phi) is 15.3. The van der Waals surface area contributed by atoms with Crippen LogP contribution in [-0.2, 0) is 0 Å². The molecule has 0 amide bonds. The molecule has 0 N–H and O–H groups in total. The standard InChI is InChI=1S/C57H41N3O3.4C2H6/c1-61-43-22-16-40(17-23-43)58-52-10-6-4-8-46(52)48-32-36(12-28-54(48)58)38-14-30-56-50(34-38)51-35-39(15-31-57(51)60(56)42-20-26-45(63-3)27-21-42)37-13-29-55-49(33-37)47-9-5-7-11-53(47)59(55)41-18-24-44(62-2)25-19-41;4*1-2/h4-35H,1-3H3;4*1-2H3. The van der Waals surface area contributed by atoms with E-state index in [2.05, 4.69) is 171 Å². The predicted molar refractivity (Wildman–Crippen MR) is 305 cm³/mol. The lowest BCUT2D eigenvalue weighted by Crippen LogP contribution is -1.94. The van der Waals surface area contributed by atoms with Crippen LogP contribution in [0.2, 0.25) is 0 Å². The Hall–Kier alpha value is -8.22. The molecule has 12 rings (SSSR count). The molecule has 0 aliphatic carbocycles. The number of aromatic nitrogens is 3. The van der Waals surface area contributed by atoms with Crippen LogP contribution in [0.4, 0.5) is 0 Å². The average Bonchev–Trinajstić information content (AvgIpc) is 4.10. The van der Waals surface area contributed by atoms with E-state index >= 15 is 0 Å². The normalized spacial score (nSPS) is 10.7. The second kappa shape index (κ2) is 22.0. The summed E-state index contributed by atoms with van der Waals surface area (Å²) in [4.78, 5) is 0. The van der Waals surface area contributed by atoms with E-state index in [1.54, 1.807) is 21.3 Å². The molecule has 12 aromatic rings. The molecule has 0 unspecified atom stereocenters. The van der Waals surface area contributed by atoms with Crippen LogP contribution in [0.5, 0.6) is 17.2 Å². The maximum absolute atomic E-state index is 5.56. The van der Waals surface area contributed by atoms with Gasteiger partial charge in [-0.3, -0.25) is 0 Å². The molecule has 0 fully saturated rings. The second-order valence-electron chi connectivity index (χ2n) is 16.1. The molecular weight excluding hydrogens is 871 g/mol. The van der Waals surface area contributed by atoms with Crippen LogP contribution in [0.15, 0.2) is 194 Å². The summed E-state index contributed by atoms with van der Waals surface area (Å²) < 4.78 is 23.6. The number of hydrogen-bond donors (Lipinski definition) is 0. The quantitative estimate of drug-likeness (QED) is 0.152. The van der Waals surface area contributed by atoms with Crippen LogP contribution < -0.4 is 14.2 Å². The van der Waals surface area contributed by atoms with E-state index in [1.165, 1.54) is 54.5 Å². The van der Waals surface area contributed by atoms with Crippen molar-refractivity contribution in [3.05, 3.63) is 194 Å². The van der Waals surface area contributed by atoms with Gasteiger partial charge in [-0.2, -0.15) is 0 Å². The molecule has 358 valence electrons. The summed E-state index contributed by atoms with van der Waals surface area (Å²) in [7, 11) is 5.12. The molecular formula is C65H65N3O3. The van der Waals surface area contributed by atoms with Crippen molar-refractivity contribution in [1.29, 1.82) is 0 Å². The molecule has 0 aliphatic rings. The van der Waals surface area contributed by atoms with E-state index in [9.17, 15) is 0 Å². The van der Waals surface area contributed by atoms with Crippen LogP contribution in [0.25, 0.3) is 105 Å². The van der Waals surface area contributed by atoms with Crippen molar-refractivity contribution < 1.29 is 14.2 Å². The highest BCUT2D eigenvalue weighted by Gasteiger charge is 2.19. The monoisotopic (exact) mass is 936 g/mol. The van der Waals surface area contributed by atoms with Gasteiger partial charge in [0.25, 0.3) is 0 Å². The maximum atomic E-state index is 5.56. The molecule has 3 heterocycles. The minimum absolute atomic E-state index is 0.830. The summed E-state index contributed by atoms with van der Waals surface area (Å²) >= 11 is 0. The van der Waals surface area contributed by atoms with Gasteiger partial charge in [0.15, 0.2) is 0 Å². The summed E-state index contributed by atoms with van der Waals surface area (Å²) in [6, 6.07) is 69.8. The first kappa shape index (κ1) is 49.2. The van der Waals surface area contributed by atoms with E-state index in [4.69, 9.17) is 14.2 Å². The molecule has 0 atom stereocenters. The Bertz CT molecular complexity index is 3500. The highest BCUT2D eigenvalue weighted by atomic mass is 16.5. The average molecular weight is 936 g/mol. The first-order valence-corrected chi connectivity index (χ1v) is 25.2. The lowest BCUT2D eigenvalue weighted by molar-refractivity contribution is 0.414. The molecule has 0 saturated carbocycles. The van der Waals surface area contributed by atoms with E-state index < -0.39 is 0 Å². The van der Waals surface area contributed by atoms with Gasteiger partial charge in [-0.05, 0) is 156 Å². The van der Waals surface area contributed by atoms with Crippen LogP contribution in [-0.4, -0.2) is 35.0 Å². The molecule has 0 aliphatic heterocycles. The third-order valence-corrected chi connectivity index (χ3v) is 12.8. The van der Waals surface area contributed by atoms with Crippen molar-refractivity contribution in [3.8, 4) is 56.6 Å². The molecule has 0 spiro atoms. The third-order valence-electron chi connectivity index (χ3n) is 12.8. The smallest absolute Gasteiger partial charge is 0.119 e. The maximum Gasteiger partial charge on any atom is 0.119 e. The fourth-order valence-electron chi connectivity index (χ4n) is 9.72. The number of fused-ring (bicyclic) bond motifs is 9. The minimum atomic E-state index is 0.830. The van der Waals surface area contributed by atoms with Crippen molar-refractivity contribution in [2.45, 2.75) is 55.4 Å². The van der Waals surface area contributed by atoms with Crippen molar-refractivity contribution in [2.75, 3.05) is 21.3 Å². The Morgan fingerprint density at radius 2 is 0.465 bits per heavy atom. The highest BCUT2D eigenvalue weighted by Crippen LogP contribution is 2.41. The summed E-state index contributed by atoms with van der Waals surface area (Å²) in [5, 5.41) is 7.25. The van der Waals surface area contributed by atoms with Crippen LogP contribution in [0.3, 0.4) is 0 Å². The highest BCUT2D eigenvalue weighted by molar-refractivity contribution is 6.14. The molecule has 0 radical (unpaired) electrons. The van der Waals surface area contributed by atoms with Crippen molar-refractivity contribution in [2.24, 2.45) is 0 Å². The lowest BCUT2D eigenvalue weighted by atomic mass is 9.98. The van der Waals surface area contributed by atoms with E-state index in [0.29, 0.717) is 0 Å². The molecule has 6 heteroatoms. The Balaban J connectivity index is 0.000000807. The first-order valence-electron chi connectivity index (χ1n) is 25.2. The molecule has 71 heavy (non-hydrogen) atoms. The third kappa shape index (κ3) is 8.87. The van der Waals surface area contributed by atoms with Gasteiger partial charge in [-0.25, -0.2) is 0 Å². The number of ether oxygens (including phenoxy) is 3. The topological polar surface area (TPSA) is 42.5 Å². The van der Waals surface area contributed by atoms with Gasteiger partial charge in [-0.1, -0.05) is 116 Å². The van der Waals surface area contributed by atoms with Gasteiger partial charge in [-0.15, -0.1) is 0 Å². The van der Waals surface area contributed by atoms with Gasteiger partial charge in [0.05, 0.1) is 54.4 Å². The Labute approximate surface area is 418 Å². The molecule has 9 aromatic carbocycles. The minimum Gasteiger partial charge on any atom is -0.497 e. The zero-order valence-corrected chi connectivity index (χ0v) is 43.0. The first-order chi connectivity index (χ1) is 35.1. The van der Waals surface area contributed by atoms with Gasteiger partial charge in [0, 0.05) is 49.4 Å². The van der Waals surface area contributed by atoms with Gasteiger partial charge < -0.3 is 27.9 Å². The molecule has 6 nitrogen and oxygen atoms in total. The van der Waals surface area contributed by atoms with Crippen molar-refractivity contribution in [1.82, 2.24) is 13.7 Å². The summed E-state index contributed by atoms with van der Waals surface area (Å²) in [5.74, 6) is 2.51. The molecule has 0 saturated heterocycles. The van der Waals surface area contributed by atoms with Gasteiger partial charge >= 0.3 is 0 Å². The Morgan fingerprint density at radius 3 is 0.718 bits per heavy atom. The van der Waals surface area contributed by atoms with Crippen molar-refractivity contribution in [3.63, 3.8) is 0 Å². The van der Waals surface area contributed by atoms with Crippen molar-refractivity contribution >= 4 is 65.4 Å². The Morgan fingerprint density at radius 1 is 0.239 bits per heavy atom.